The standard InChI is InChI=1S/C30H32ClN5O3/c1-30(2)24-6-4-3-5-19(24)9-12-36(30)26(37)18-35-17-21-8-7-20(15-23(21)28(35)38)27-25(31)16-32-29(34-27)33-22-10-13-39-14-11-22/h3-8,15-16,22H,9-14,17-18H2,1-2H3,(H,32,33,34). The van der Waals surface area contributed by atoms with Crippen molar-refractivity contribution in [2.75, 3.05) is 31.6 Å². The number of nitrogens with one attached hydrogen (secondary N) is 1. The largest absolute Gasteiger partial charge is 0.381 e. The monoisotopic (exact) mass is 545 g/mol. The molecule has 0 aliphatic carbocycles. The van der Waals surface area contributed by atoms with Crippen molar-refractivity contribution in [3.05, 3.63) is 75.9 Å². The Kier molecular flexibility index (Phi) is 6.77. The van der Waals surface area contributed by atoms with Gasteiger partial charge in [0.25, 0.3) is 5.91 Å². The zero-order valence-electron chi connectivity index (χ0n) is 22.2. The number of hydrogen-bond acceptors (Lipinski definition) is 6. The summed E-state index contributed by atoms with van der Waals surface area (Å²) in [6.45, 7) is 6.66. The number of rotatable bonds is 5. The minimum atomic E-state index is -0.436. The summed E-state index contributed by atoms with van der Waals surface area (Å²) in [4.78, 5) is 39.5. The van der Waals surface area contributed by atoms with Crippen LogP contribution in [0.4, 0.5) is 5.95 Å². The molecule has 1 N–H and O–H groups in total. The summed E-state index contributed by atoms with van der Waals surface area (Å²) < 4.78 is 5.43. The van der Waals surface area contributed by atoms with Gasteiger partial charge in [0.2, 0.25) is 11.9 Å². The van der Waals surface area contributed by atoms with Crippen molar-refractivity contribution in [1.29, 1.82) is 0 Å². The topological polar surface area (TPSA) is 87.7 Å². The van der Waals surface area contributed by atoms with E-state index in [4.69, 9.17) is 16.3 Å². The molecular weight excluding hydrogens is 514 g/mol. The lowest BCUT2D eigenvalue weighted by atomic mass is 9.83. The first-order valence-corrected chi connectivity index (χ1v) is 13.9. The predicted molar refractivity (Wildman–Crippen MR) is 150 cm³/mol. The van der Waals surface area contributed by atoms with Crippen molar-refractivity contribution in [2.24, 2.45) is 0 Å². The maximum Gasteiger partial charge on any atom is 0.254 e. The molecule has 0 bridgehead atoms. The quantitative estimate of drug-likeness (QED) is 0.501. The summed E-state index contributed by atoms with van der Waals surface area (Å²) >= 11 is 6.49. The van der Waals surface area contributed by atoms with Crippen LogP contribution in [0.15, 0.2) is 48.7 Å². The Morgan fingerprint density at radius 2 is 1.95 bits per heavy atom. The van der Waals surface area contributed by atoms with Crippen molar-refractivity contribution in [1.82, 2.24) is 19.8 Å². The zero-order chi connectivity index (χ0) is 27.1. The highest BCUT2D eigenvalue weighted by atomic mass is 35.5. The van der Waals surface area contributed by atoms with Crippen LogP contribution < -0.4 is 5.32 Å². The highest BCUT2D eigenvalue weighted by molar-refractivity contribution is 6.33. The van der Waals surface area contributed by atoms with Crippen LogP contribution in [0, 0.1) is 0 Å². The molecule has 39 heavy (non-hydrogen) atoms. The highest BCUT2D eigenvalue weighted by Gasteiger charge is 2.39. The molecule has 1 fully saturated rings. The van der Waals surface area contributed by atoms with Crippen molar-refractivity contribution < 1.29 is 14.3 Å². The summed E-state index contributed by atoms with van der Waals surface area (Å²) in [5.74, 6) is 0.311. The second kappa shape index (κ2) is 10.2. The lowest BCUT2D eigenvalue weighted by molar-refractivity contribution is -0.138. The molecule has 8 nitrogen and oxygen atoms in total. The van der Waals surface area contributed by atoms with Gasteiger partial charge in [-0.1, -0.05) is 48.0 Å². The van der Waals surface area contributed by atoms with Crippen molar-refractivity contribution in [2.45, 2.75) is 51.2 Å². The molecule has 6 rings (SSSR count). The normalized spacial score (nSPS) is 18.6. The van der Waals surface area contributed by atoms with Crippen molar-refractivity contribution in [3.63, 3.8) is 0 Å². The number of fused-ring (bicyclic) bond motifs is 2. The van der Waals surface area contributed by atoms with Gasteiger partial charge in [-0.25, -0.2) is 9.97 Å². The van der Waals surface area contributed by atoms with Crippen LogP contribution in [0.5, 0.6) is 0 Å². The van der Waals surface area contributed by atoms with E-state index in [1.807, 2.05) is 35.2 Å². The Bertz CT molecular complexity index is 1440. The third-order valence-electron chi connectivity index (χ3n) is 8.14. The lowest BCUT2D eigenvalue weighted by Gasteiger charge is -2.44. The molecule has 3 aliphatic heterocycles. The average Bonchev–Trinajstić information content (AvgIpc) is 3.24. The van der Waals surface area contributed by atoms with E-state index in [2.05, 4.69) is 41.3 Å². The SMILES string of the molecule is CC1(C)c2ccccc2CCN1C(=O)CN1Cc2ccc(-c3nc(NC4CCOCC4)ncc3Cl)cc2C1=O. The average molecular weight is 546 g/mol. The van der Waals surface area contributed by atoms with E-state index in [1.165, 1.54) is 5.56 Å². The first-order chi connectivity index (χ1) is 18.8. The first kappa shape index (κ1) is 25.8. The molecule has 202 valence electrons. The Labute approximate surface area is 233 Å². The Balaban J connectivity index is 1.18. The first-order valence-electron chi connectivity index (χ1n) is 13.5. The van der Waals surface area contributed by atoms with Crippen LogP contribution in [-0.4, -0.2) is 63.9 Å². The molecule has 4 heterocycles. The van der Waals surface area contributed by atoms with E-state index >= 15 is 0 Å². The number of amides is 2. The fourth-order valence-corrected chi connectivity index (χ4v) is 6.18. The lowest BCUT2D eigenvalue weighted by Crippen LogP contribution is -2.52. The molecule has 3 aromatic rings. The van der Waals surface area contributed by atoms with E-state index < -0.39 is 5.54 Å². The van der Waals surface area contributed by atoms with Crippen LogP contribution in [-0.2, 0) is 28.0 Å². The van der Waals surface area contributed by atoms with Gasteiger partial charge < -0.3 is 19.9 Å². The van der Waals surface area contributed by atoms with E-state index in [9.17, 15) is 9.59 Å². The second-order valence-corrected chi connectivity index (χ2v) is 11.4. The van der Waals surface area contributed by atoms with Crippen LogP contribution in [0.3, 0.4) is 0 Å². The Morgan fingerprint density at radius 1 is 1.15 bits per heavy atom. The number of anilines is 1. The number of benzene rings is 2. The molecule has 0 unspecified atom stereocenters. The molecule has 0 spiro atoms. The molecule has 2 aromatic carbocycles. The van der Waals surface area contributed by atoms with Gasteiger partial charge in [-0.3, -0.25) is 9.59 Å². The number of ether oxygens (including phenoxy) is 1. The third-order valence-corrected chi connectivity index (χ3v) is 8.42. The maximum absolute atomic E-state index is 13.5. The van der Waals surface area contributed by atoms with Gasteiger partial charge in [-0.05, 0) is 55.9 Å². The number of carbonyl (C=O) groups excluding carboxylic acids is 2. The Hall–Kier alpha value is -3.49. The fourth-order valence-electron chi connectivity index (χ4n) is 5.98. The highest BCUT2D eigenvalue weighted by Crippen LogP contribution is 2.36. The van der Waals surface area contributed by atoms with Gasteiger partial charge in [-0.15, -0.1) is 0 Å². The van der Waals surface area contributed by atoms with Crippen LogP contribution in [0.25, 0.3) is 11.3 Å². The smallest absolute Gasteiger partial charge is 0.254 e. The summed E-state index contributed by atoms with van der Waals surface area (Å²) in [5.41, 5.74) is 4.79. The number of hydrogen-bond donors (Lipinski definition) is 1. The summed E-state index contributed by atoms with van der Waals surface area (Å²) in [5, 5.41) is 3.79. The molecule has 0 radical (unpaired) electrons. The van der Waals surface area contributed by atoms with Gasteiger partial charge >= 0.3 is 0 Å². The molecule has 9 heteroatoms. The number of nitrogens with zero attached hydrogens (tertiary/aromatic N) is 4. The molecular formula is C30H32ClN5O3. The number of halogens is 1. The van der Waals surface area contributed by atoms with Crippen LogP contribution in [0.1, 0.15) is 53.7 Å². The molecule has 3 aliphatic rings. The van der Waals surface area contributed by atoms with Gasteiger partial charge in [0.05, 0.1) is 22.5 Å². The Morgan fingerprint density at radius 3 is 2.77 bits per heavy atom. The third kappa shape index (κ3) is 4.87. The maximum atomic E-state index is 13.5. The van der Waals surface area contributed by atoms with Crippen LogP contribution in [0.2, 0.25) is 5.02 Å². The summed E-state index contributed by atoms with van der Waals surface area (Å²) in [6.07, 6.45) is 4.19. The predicted octanol–water partition coefficient (Wildman–Crippen LogP) is 4.66. The van der Waals surface area contributed by atoms with Crippen LogP contribution >= 0.6 is 11.6 Å². The molecule has 2 amide bonds. The van der Waals surface area contributed by atoms with E-state index in [0.29, 0.717) is 48.5 Å². The fraction of sp³-hybridized carbons (Fsp3) is 0.400. The van der Waals surface area contributed by atoms with E-state index in [-0.39, 0.29) is 24.4 Å². The van der Waals surface area contributed by atoms with E-state index in [1.54, 1.807) is 11.1 Å². The molecule has 0 atom stereocenters. The number of aromatic nitrogens is 2. The van der Waals surface area contributed by atoms with Gasteiger partial charge in [0.15, 0.2) is 0 Å². The molecule has 1 saturated heterocycles. The second-order valence-electron chi connectivity index (χ2n) is 11.0. The summed E-state index contributed by atoms with van der Waals surface area (Å²) in [6, 6.07) is 14.2. The van der Waals surface area contributed by atoms with Gasteiger partial charge in [-0.2, -0.15) is 0 Å². The minimum absolute atomic E-state index is 0.0430. The van der Waals surface area contributed by atoms with Gasteiger partial charge in [0, 0.05) is 43.5 Å². The van der Waals surface area contributed by atoms with Crippen molar-refractivity contribution in [3.8, 4) is 11.3 Å². The zero-order valence-corrected chi connectivity index (χ0v) is 23.0. The molecule has 1 aromatic heterocycles. The molecule has 0 saturated carbocycles. The number of carbonyl (C=O) groups is 2. The minimum Gasteiger partial charge on any atom is -0.381 e. The van der Waals surface area contributed by atoms with E-state index in [0.717, 1.165) is 36.0 Å². The van der Waals surface area contributed by atoms with Crippen molar-refractivity contribution >= 4 is 29.4 Å². The van der Waals surface area contributed by atoms with Gasteiger partial charge in [0.1, 0.15) is 6.54 Å². The summed E-state index contributed by atoms with van der Waals surface area (Å²) in [7, 11) is 0.